The number of nitrogens with two attached hydrogens (primary N) is 1. The molecule has 15 heavy (non-hydrogen) atoms. The number of phenolic OH excluding ortho intramolecular Hbond substituents is 1. The van der Waals surface area contributed by atoms with Crippen LogP contribution in [0.3, 0.4) is 0 Å². The van der Waals surface area contributed by atoms with Crippen molar-refractivity contribution in [2.24, 2.45) is 5.73 Å². The fraction of sp³-hybridized carbons (Fsp3) is 0.455. The van der Waals surface area contributed by atoms with Gasteiger partial charge in [0.2, 0.25) is 0 Å². The highest BCUT2D eigenvalue weighted by Crippen LogP contribution is 2.41. The number of phenols is 1. The van der Waals surface area contributed by atoms with Gasteiger partial charge in [0.15, 0.2) is 0 Å². The van der Waals surface area contributed by atoms with Gasteiger partial charge >= 0.3 is 0 Å². The molecule has 3 N–H and O–H groups in total. The molecule has 1 saturated carbocycles. The maximum atomic E-state index is 13.7. The third-order valence-corrected chi connectivity index (χ3v) is 3.32. The number of rotatable bonds is 1. The van der Waals surface area contributed by atoms with Gasteiger partial charge < -0.3 is 10.8 Å². The van der Waals surface area contributed by atoms with Gasteiger partial charge in [-0.1, -0.05) is 24.4 Å². The highest BCUT2D eigenvalue weighted by atomic mass is 35.5. The van der Waals surface area contributed by atoms with E-state index in [1.165, 1.54) is 6.07 Å². The largest absolute Gasteiger partial charge is 0.508 e. The van der Waals surface area contributed by atoms with Crippen molar-refractivity contribution in [1.29, 1.82) is 0 Å². The number of halogens is 2. The van der Waals surface area contributed by atoms with Crippen molar-refractivity contribution in [2.75, 3.05) is 0 Å². The van der Waals surface area contributed by atoms with Gasteiger partial charge in [0.05, 0.1) is 5.02 Å². The smallest absolute Gasteiger partial charge is 0.133 e. The second-order valence-corrected chi connectivity index (χ2v) is 4.55. The predicted molar refractivity (Wildman–Crippen MR) is 57.4 cm³/mol. The van der Waals surface area contributed by atoms with Crippen LogP contribution in [-0.2, 0) is 5.54 Å². The maximum Gasteiger partial charge on any atom is 0.133 e. The minimum atomic E-state index is -0.658. The average Bonchev–Trinajstić information content (AvgIpc) is 2.50. The van der Waals surface area contributed by atoms with Crippen molar-refractivity contribution in [3.63, 3.8) is 0 Å². The van der Waals surface area contributed by atoms with Crippen molar-refractivity contribution >= 4 is 11.6 Å². The second-order valence-electron chi connectivity index (χ2n) is 4.15. The van der Waals surface area contributed by atoms with Crippen molar-refractivity contribution in [3.8, 4) is 5.75 Å². The summed E-state index contributed by atoms with van der Waals surface area (Å²) in [6.45, 7) is 0. The van der Waals surface area contributed by atoms with E-state index >= 15 is 0 Å². The molecule has 0 saturated heterocycles. The minimum absolute atomic E-state index is 0.164. The van der Waals surface area contributed by atoms with Gasteiger partial charge in [-0.15, -0.1) is 0 Å². The molecule has 0 bridgehead atoms. The number of aromatic hydroxyl groups is 1. The first-order valence-corrected chi connectivity index (χ1v) is 5.38. The summed E-state index contributed by atoms with van der Waals surface area (Å²) >= 11 is 5.92. The molecule has 0 amide bonds. The Bertz CT molecular complexity index is 365. The van der Waals surface area contributed by atoms with Crippen LogP contribution in [0.5, 0.6) is 5.75 Å². The van der Waals surface area contributed by atoms with E-state index < -0.39 is 11.4 Å². The number of benzene rings is 1. The molecule has 1 aromatic carbocycles. The lowest BCUT2D eigenvalue weighted by Gasteiger charge is -2.25. The highest BCUT2D eigenvalue weighted by molar-refractivity contribution is 6.31. The first kappa shape index (κ1) is 10.7. The summed E-state index contributed by atoms with van der Waals surface area (Å²) in [5.74, 6) is -0.674. The molecule has 0 aromatic heterocycles. The summed E-state index contributed by atoms with van der Waals surface area (Å²) in [5, 5.41) is 9.40. The molecule has 0 unspecified atom stereocenters. The normalized spacial score (nSPS) is 19.4. The van der Waals surface area contributed by atoms with E-state index in [-0.39, 0.29) is 10.8 Å². The molecular formula is C11H13ClFNO. The van der Waals surface area contributed by atoms with Crippen molar-refractivity contribution < 1.29 is 9.50 Å². The summed E-state index contributed by atoms with van der Waals surface area (Å²) in [7, 11) is 0. The van der Waals surface area contributed by atoms with Crippen LogP contribution in [0, 0.1) is 5.82 Å². The van der Waals surface area contributed by atoms with E-state index in [4.69, 9.17) is 17.3 Å². The van der Waals surface area contributed by atoms with E-state index in [9.17, 15) is 9.50 Å². The summed E-state index contributed by atoms with van der Waals surface area (Å²) in [6.07, 6.45) is 3.48. The Labute approximate surface area is 92.9 Å². The van der Waals surface area contributed by atoms with Gasteiger partial charge in [-0.2, -0.15) is 0 Å². The van der Waals surface area contributed by atoms with Crippen LogP contribution < -0.4 is 5.73 Å². The van der Waals surface area contributed by atoms with Crippen LogP contribution in [0.4, 0.5) is 4.39 Å². The van der Waals surface area contributed by atoms with Crippen LogP contribution in [0.1, 0.15) is 31.2 Å². The monoisotopic (exact) mass is 229 g/mol. The molecule has 0 radical (unpaired) electrons. The molecule has 82 valence electrons. The number of hydrogen-bond acceptors (Lipinski definition) is 2. The van der Waals surface area contributed by atoms with Gasteiger partial charge in [-0.3, -0.25) is 0 Å². The molecule has 4 heteroatoms. The molecule has 1 fully saturated rings. The zero-order valence-electron chi connectivity index (χ0n) is 8.26. The first-order valence-electron chi connectivity index (χ1n) is 5.00. The van der Waals surface area contributed by atoms with E-state index in [0.29, 0.717) is 5.56 Å². The zero-order chi connectivity index (χ0) is 11.1. The quantitative estimate of drug-likeness (QED) is 0.778. The summed E-state index contributed by atoms with van der Waals surface area (Å²) in [5.41, 5.74) is 5.81. The van der Waals surface area contributed by atoms with Crippen LogP contribution in [0.25, 0.3) is 0 Å². The van der Waals surface area contributed by atoms with E-state index in [0.717, 1.165) is 31.7 Å². The molecule has 0 heterocycles. The lowest BCUT2D eigenvalue weighted by molar-refractivity contribution is 0.425. The van der Waals surface area contributed by atoms with Gasteiger partial charge in [0, 0.05) is 17.2 Å². The third-order valence-electron chi connectivity index (χ3n) is 3.02. The number of hydrogen-bond donors (Lipinski definition) is 2. The standard InChI is InChI=1S/C11H13ClFNO/c12-8-5-7(15)6-9(13)10(8)11(14)3-1-2-4-11/h5-6,15H,1-4,14H2. The fourth-order valence-electron chi connectivity index (χ4n) is 2.29. The third kappa shape index (κ3) is 1.82. The minimum Gasteiger partial charge on any atom is -0.508 e. The Morgan fingerprint density at radius 2 is 1.93 bits per heavy atom. The molecule has 2 nitrogen and oxygen atoms in total. The van der Waals surface area contributed by atoms with Crippen LogP contribution in [0.2, 0.25) is 5.02 Å². The fourth-order valence-corrected chi connectivity index (χ4v) is 2.68. The molecule has 0 aliphatic heterocycles. The lowest BCUT2D eigenvalue weighted by atomic mass is 9.89. The van der Waals surface area contributed by atoms with Crippen LogP contribution >= 0.6 is 11.6 Å². The Hall–Kier alpha value is -0.800. The van der Waals surface area contributed by atoms with Crippen LogP contribution in [-0.4, -0.2) is 5.11 Å². The second kappa shape index (κ2) is 3.65. The average molecular weight is 230 g/mol. The van der Waals surface area contributed by atoms with Crippen molar-refractivity contribution in [2.45, 2.75) is 31.2 Å². The van der Waals surface area contributed by atoms with Gasteiger partial charge in [-0.25, -0.2) is 4.39 Å². The maximum absolute atomic E-state index is 13.7. The SMILES string of the molecule is NC1(c2c(F)cc(O)cc2Cl)CCCC1. The van der Waals surface area contributed by atoms with Gasteiger partial charge in [-0.05, 0) is 18.9 Å². The van der Waals surface area contributed by atoms with Crippen LogP contribution in [0.15, 0.2) is 12.1 Å². The van der Waals surface area contributed by atoms with Crippen molar-refractivity contribution in [3.05, 3.63) is 28.5 Å². The Kier molecular flexibility index (Phi) is 2.61. The Balaban J connectivity index is 2.52. The molecule has 2 rings (SSSR count). The van der Waals surface area contributed by atoms with Crippen molar-refractivity contribution in [1.82, 2.24) is 0 Å². The summed E-state index contributed by atoms with van der Waals surface area (Å²) in [4.78, 5) is 0. The Morgan fingerprint density at radius 3 is 2.47 bits per heavy atom. The van der Waals surface area contributed by atoms with E-state index in [1.54, 1.807) is 0 Å². The molecule has 1 aliphatic carbocycles. The van der Waals surface area contributed by atoms with Gasteiger partial charge in [0.1, 0.15) is 11.6 Å². The lowest BCUT2D eigenvalue weighted by Crippen LogP contribution is -2.34. The zero-order valence-corrected chi connectivity index (χ0v) is 9.02. The highest BCUT2D eigenvalue weighted by Gasteiger charge is 2.35. The van der Waals surface area contributed by atoms with Gasteiger partial charge in [0.25, 0.3) is 0 Å². The topological polar surface area (TPSA) is 46.2 Å². The molecular weight excluding hydrogens is 217 g/mol. The summed E-state index contributed by atoms with van der Waals surface area (Å²) < 4.78 is 13.7. The first-order chi connectivity index (χ1) is 7.03. The Morgan fingerprint density at radius 1 is 1.33 bits per heavy atom. The molecule has 1 aliphatic rings. The summed E-state index contributed by atoms with van der Waals surface area (Å²) in [6, 6.07) is 2.40. The molecule has 0 spiro atoms. The van der Waals surface area contributed by atoms with E-state index in [2.05, 4.69) is 0 Å². The van der Waals surface area contributed by atoms with E-state index in [1.807, 2.05) is 0 Å². The molecule has 1 aromatic rings. The molecule has 0 atom stereocenters. The predicted octanol–water partition coefficient (Wildman–Crippen LogP) is 2.91.